The van der Waals surface area contributed by atoms with Crippen molar-refractivity contribution < 1.29 is 4.74 Å². The van der Waals surface area contributed by atoms with E-state index in [0.29, 0.717) is 0 Å². The lowest BCUT2D eigenvalue weighted by Gasteiger charge is -2.45. The summed E-state index contributed by atoms with van der Waals surface area (Å²) in [6.45, 7) is 0. The van der Waals surface area contributed by atoms with Gasteiger partial charge in [0.1, 0.15) is 11.5 Å². The van der Waals surface area contributed by atoms with E-state index in [0.717, 1.165) is 50.9 Å². The highest BCUT2D eigenvalue weighted by molar-refractivity contribution is 6.11. The smallest absolute Gasteiger partial charge is 0.134 e. The predicted molar refractivity (Wildman–Crippen MR) is 256 cm³/mol. The van der Waals surface area contributed by atoms with E-state index in [1.165, 1.54) is 60.4 Å². The largest absolute Gasteiger partial charge is 0.457 e. The molecular weight excluding hydrogens is 753 g/mol. The molecule has 1 aromatic heterocycles. The molecule has 1 spiro atoms. The number of hydrogen-bond acceptors (Lipinski definition) is 2. The highest BCUT2D eigenvalue weighted by atomic mass is 16.5. The van der Waals surface area contributed by atoms with Crippen LogP contribution in [0.5, 0.6) is 11.5 Å². The molecule has 1 unspecified atom stereocenters. The van der Waals surface area contributed by atoms with Crippen LogP contribution in [0.3, 0.4) is 0 Å². The Balaban J connectivity index is 1.04. The minimum Gasteiger partial charge on any atom is -0.457 e. The first-order chi connectivity index (χ1) is 30.8. The van der Waals surface area contributed by atoms with Crippen molar-refractivity contribution in [3.05, 3.63) is 253 Å². The molecule has 1 aliphatic carbocycles. The molecule has 0 N–H and O–H groups in total. The van der Waals surface area contributed by atoms with Gasteiger partial charge in [0.2, 0.25) is 0 Å². The van der Waals surface area contributed by atoms with Crippen molar-refractivity contribution in [2.75, 3.05) is 4.90 Å². The van der Waals surface area contributed by atoms with E-state index in [4.69, 9.17) is 4.74 Å². The molecule has 2 heterocycles. The topological polar surface area (TPSA) is 17.4 Å². The predicted octanol–water partition coefficient (Wildman–Crippen LogP) is 15.5. The van der Waals surface area contributed by atoms with Crippen molar-refractivity contribution in [2.45, 2.75) is 5.41 Å². The highest BCUT2D eigenvalue weighted by Crippen LogP contribution is 2.61. The van der Waals surface area contributed by atoms with Crippen LogP contribution in [0.4, 0.5) is 17.1 Å². The maximum atomic E-state index is 7.06. The van der Waals surface area contributed by atoms with Gasteiger partial charge in [-0.2, -0.15) is 0 Å². The SMILES string of the molecule is c1ccc(-c2ccccc2-n2c3ccccc3c3cc(N(c4ccccc4)c4ccc5c(c4)Oc4ccccc4C54c5ccccc5-c5cccc6cccc4c56)ccc32)cc1. The van der Waals surface area contributed by atoms with Crippen molar-refractivity contribution in [2.24, 2.45) is 0 Å². The molecule has 0 fully saturated rings. The average molecular weight is 791 g/mol. The van der Waals surface area contributed by atoms with E-state index in [1.54, 1.807) is 0 Å². The summed E-state index contributed by atoms with van der Waals surface area (Å²) in [5.41, 5.74) is 15.8. The van der Waals surface area contributed by atoms with Gasteiger partial charge < -0.3 is 14.2 Å². The fourth-order valence-corrected chi connectivity index (χ4v) is 10.7. The molecule has 11 aromatic rings. The summed E-state index contributed by atoms with van der Waals surface area (Å²) in [6, 6.07) is 83.8. The van der Waals surface area contributed by atoms with Crippen molar-refractivity contribution in [1.29, 1.82) is 0 Å². The highest BCUT2D eigenvalue weighted by Gasteiger charge is 2.49. The number of para-hydroxylation sites is 4. The maximum absolute atomic E-state index is 7.06. The fraction of sp³-hybridized carbons (Fsp3) is 0.0169. The molecule has 3 heteroatoms. The quantitative estimate of drug-likeness (QED) is 0.173. The molecular formula is C59H38N2O. The van der Waals surface area contributed by atoms with Gasteiger partial charge in [-0.15, -0.1) is 0 Å². The zero-order chi connectivity index (χ0) is 40.8. The van der Waals surface area contributed by atoms with Gasteiger partial charge in [0.25, 0.3) is 0 Å². The Morgan fingerprint density at radius 1 is 0.371 bits per heavy atom. The minimum absolute atomic E-state index is 0.596. The fourth-order valence-electron chi connectivity index (χ4n) is 10.7. The van der Waals surface area contributed by atoms with Crippen molar-refractivity contribution in [3.8, 4) is 39.4 Å². The lowest BCUT2D eigenvalue weighted by atomic mass is 9.58. The van der Waals surface area contributed by atoms with Gasteiger partial charge in [-0.25, -0.2) is 0 Å². The zero-order valence-corrected chi connectivity index (χ0v) is 33.7. The number of nitrogens with zero attached hydrogens (tertiary/aromatic N) is 2. The van der Waals surface area contributed by atoms with Crippen LogP contribution >= 0.6 is 0 Å². The van der Waals surface area contributed by atoms with Gasteiger partial charge in [0, 0.05) is 50.6 Å². The summed E-state index contributed by atoms with van der Waals surface area (Å²) < 4.78 is 9.49. The van der Waals surface area contributed by atoms with Gasteiger partial charge in [-0.05, 0) is 93.2 Å². The Bertz CT molecular complexity index is 3560. The van der Waals surface area contributed by atoms with Crippen LogP contribution in [0.25, 0.3) is 60.5 Å². The second-order valence-electron chi connectivity index (χ2n) is 16.4. The lowest BCUT2D eigenvalue weighted by molar-refractivity contribution is 0.435. The Morgan fingerprint density at radius 2 is 0.984 bits per heavy atom. The number of fused-ring (bicyclic) bond motifs is 11. The molecule has 3 nitrogen and oxygen atoms in total. The molecule has 62 heavy (non-hydrogen) atoms. The summed E-state index contributed by atoms with van der Waals surface area (Å²) in [7, 11) is 0. The molecule has 0 radical (unpaired) electrons. The second-order valence-corrected chi connectivity index (χ2v) is 16.4. The minimum atomic E-state index is -0.596. The van der Waals surface area contributed by atoms with E-state index in [-0.39, 0.29) is 0 Å². The summed E-state index contributed by atoms with van der Waals surface area (Å²) in [5.74, 6) is 1.73. The van der Waals surface area contributed by atoms with Gasteiger partial charge in [-0.3, -0.25) is 0 Å². The number of benzene rings is 10. The van der Waals surface area contributed by atoms with E-state index < -0.39 is 5.41 Å². The van der Waals surface area contributed by atoms with Crippen LogP contribution in [0.1, 0.15) is 22.3 Å². The number of rotatable bonds is 5. The molecule has 0 amide bonds. The molecule has 1 aliphatic heterocycles. The number of aromatic nitrogens is 1. The van der Waals surface area contributed by atoms with E-state index in [2.05, 4.69) is 240 Å². The van der Waals surface area contributed by atoms with Crippen LogP contribution in [0, 0.1) is 0 Å². The van der Waals surface area contributed by atoms with E-state index in [9.17, 15) is 0 Å². The third-order valence-electron chi connectivity index (χ3n) is 13.2. The van der Waals surface area contributed by atoms with E-state index >= 15 is 0 Å². The third-order valence-corrected chi connectivity index (χ3v) is 13.2. The maximum Gasteiger partial charge on any atom is 0.134 e. The van der Waals surface area contributed by atoms with Gasteiger partial charge in [0.15, 0.2) is 0 Å². The van der Waals surface area contributed by atoms with Crippen molar-refractivity contribution in [1.82, 2.24) is 4.57 Å². The lowest BCUT2D eigenvalue weighted by Crippen LogP contribution is -2.36. The number of anilines is 3. The standard InChI is InChI=1S/C59H38N2O/c1-3-17-39(18-4-1)44-23-8-12-30-53(44)61-54-31-13-9-25-46(54)48-37-42(34-36-55(48)61)60(41-21-5-2-6-22-41)43-33-35-51-57(38-43)62-56-32-14-11-28-50(56)59(51)49-27-10-7-24-45(49)47-26-15-19-40-20-16-29-52(59)58(40)47/h1-38H. The zero-order valence-electron chi connectivity index (χ0n) is 33.7. The molecule has 0 saturated heterocycles. The first kappa shape index (κ1) is 34.7. The van der Waals surface area contributed by atoms with E-state index in [1.807, 2.05) is 0 Å². The number of ether oxygens (including phenoxy) is 1. The van der Waals surface area contributed by atoms with Gasteiger partial charge in [0.05, 0.1) is 22.1 Å². The molecule has 13 rings (SSSR count). The average Bonchev–Trinajstić information content (AvgIpc) is 3.67. The van der Waals surface area contributed by atoms with Crippen molar-refractivity contribution in [3.63, 3.8) is 0 Å². The summed E-state index contributed by atoms with van der Waals surface area (Å²) in [4.78, 5) is 2.37. The van der Waals surface area contributed by atoms with Crippen LogP contribution in [0.2, 0.25) is 0 Å². The molecule has 1 atom stereocenters. The van der Waals surface area contributed by atoms with Crippen molar-refractivity contribution >= 4 is 49.6 Å². The van der Waals surface area contributed by atoms with Crippen LogP contribution in [-0.2, 0) is 5.41 Å². The molecule has 290 valence electrons. The normalized spacial score (nSPS) is 14.6. The third kappa shape index (κ3) is 4.88. The Morgan fingerprint density at radius 3 is 1.85 bits per heavy atom. The Kier molecular flexibility index (Phi) is 7.52. The first-order valence-corrected chi connectivity index (χ1v) is 21.3. The van der Waals surface area contributed by atoms with Crippen LogP contribution in [-0.4, -0.2) is 4.57 Å². The first-order valence-electron chi connectivity index (χ1n) is 21.3. The van der Waals surface area contributed by atoms with Gasteiger partial charge in [-0.1, -0.05) is 170 Å². The Labute approximate surface area is 360 Å². The second kappa shape index (κ2) is 13.4. The summed E-state index contributed by atoms with van der Waals surface area (Å²) in [5, 5.41) is 4.93. The molecule has 2 aliphatic rings. The number of hydrogen-bond donors (Lipinski definition) is 0. The van der Waals surface area contributed by atoms with Crippen LogP contribution < -0.4 is 9.64 Å². The molecule has 0 bridgehead atoms. The Hall–Kier alpha value is -8.14. The molecule has 0 saturated carbocycles. The summed E-state index contributed by atoms with van der Waals surface area (Å²) >= 11 is 0. The molecule has 10 aromatic carbocycles. The van der Waals surface area contributed by atoms with Gasteiger partial charge >= 0.3 is 0 Å². The summed E-state index contributed by atoms with van der Waals surface area (Å²) in [6.07, 6.45) is 0. The van der Waals surface area contributed by atoms with Crippen LogP contribution in [0.15, 0.2) is 231 Å². The monoisotopic (exact) mass is 790 g/mol.